The number of nitro groups is 1. The average molecular weight is 337 g/mol. The highest BCUT2D eigenvalue weighted by Gasteiger charge is 2.24. The Hall–Kier alpha value is -1.57. The number of nitrogens with one attached hydrogen (secondary N) is 1. The molecule has 0 aliphatic heterocycles. The molecular formula is C11H11BrF2N2O3. The highest BCUT2D eigenvalue weighted by atomic mass is 79.9. The van der Waals surface area contributed by atoms with Gasteiger partial charge in [0.1, 0.15) is 5.82 Å². The highest BCUT2D eigenvalue weighted by Crippen LogP contribution is 2.22. The molecule has 0 radical (unpaired) electrons. The second-order valence-corrected chi connectivity index (χ2v) is 4.69. The molecule has 0 bridgehead atoms. The molecule has 0 heterocycles. The summed E-state index contributed by atoms with van der Waals surface area (Å²) in [4.78, 5) is 21.2. The molecule has 1 atom stereocenters. The smallest absolute Gasteiger partial charge is 0.308 e. The van der Waals surface area contributed by atoms with E-state index in [0.717, 1.165) is 0 Å². The summed E-state index contributed by atoms with van der Waals surface area (Å²) in [6.07, 6.45) is 0.588. The van der Waals surface area contributed by atoms with Gasteiger partial charge in [0.25, 0.3) is 5.91 Å². The number of carbonyl (C=O) groups excluding carboxylic acids is 1. The Balaban J connectivity index is 3.06. The van der Waals surface area contributed by atoms with Gasteiger partial charge in [0.2, 0.25) is 5.82 Å². The minimum absolute atomic E-state index is 0.270. The van der Waals surface area contributed by atoms with Crippen molar-refractivity contribution < 1.29 is 18.5 Å². The molecule has 0 saturated heterocycles. The fourth-order valence-electron chi connectivity index (χ4n) is 1.41. The Labute approximate surface area is 116 Å². The normalized spacial score (nSPS) is 12.0. The van der Waals surface area contributed by atoms with E-state index in [1.165, 1.54) is 0 Å². The van der Waals surface area contributed by atoms with Crippen LogP contribution in [0.4, 0.5) is 14.5 Å². The first-order chi connectivity index (χ1) is 8.86. The molecular weight excluding hydrogens is 326 g/mol. The van der Waals surface area contributed by atoms with Crippen molar-refractivity contribution in [2.24, 2.45) is 0 Å². The van der Waals surface area contributed by atoms with E-state index in [-0.39, 0.29) is 6.04 Å². The Morgan fingerprint density at radius 1 is 1.53 bits per heavy atom. The molecule has 5 nitrogen and oxygen atoms in total. The number of carbonyl (C=O) groups is 1. The largest absolute Gasteiger partial charge is 0.349 e. The van der Waals surface area contributed by atoms with Gasteiger partial charge in [-0.1, -0.05) is 15.9 Å². The van der Waals surface area contributed by atoms with Crippen LogP contribution in [0.2, 0.25) is 0 Å². The number of hydrogen-bond donors (Lipinski definition) is 1. The lowest BCUT2D eigenvalue weighted by Crippen LogP contribution is -2.33. The maximum absolute atomic E-state index is 13.7. The van der Waals surface area contributed by atoms with E-state index in [1.807, 2.05) is 0 Å². The molecule has 0 saturated carbocycles. The number of rotatable bonds is 5. The van der Waals surface area contributed by atoms with Gasteiger partial charge in [-0.15, -0.1) is 0 Å². The van der Waals surface area contributed by atoms with Crippen molar-refractivity contribution in [2.45, 2.75) is 19.4 Å². The summed E-state index contributed by atoms with van der Waals surface area (Å²) in [6.45, 7) is 1.69. The van der Waals surface area contributed by atoms with E-state index < -0.39 is 33.7 Å². The van der Waals surface area contributed by atoms with Gasteiger partial charge >= 0.3 is 5.69 Å². The minimum atomic E-state index is -1.34. The van der Waals surface area contributed by atoms with Crippen LogP contribution >= 0.6 is 15.9 Å². The first kappa shape index (κ1) is 15.5. The van der Waals surface area contributed by atoms with Crippen LogP contribution in [0.3, 0.4) is 0 Å². The van der Waals surface area contributed by atoms with E-state index in [1.54, 1.807) is 6.92 Å². The van der Waals surface area contributed by atoms with E-state index in [2.05, 4.69) is 21.2 Å². The maximum atomic E-state index is 13.7. The van der Waals surface area contributed by atoms with E-state index >= 15 is 0 Å². The highest BCUT2D eigenvalue weighted by molar-refractivity contribution is 9.09. The molecule has 0 aliphatic carbocycles. The predicted octanol–water partition coefficient (Wildman–Crippen LogP) is 2.78. The molecule has 1 aromatic carbocycles. The van der Waals surface area contributed by atoms with Crippen molar-refractivity contribution in [3.8, 4) is 0 Å². The molecule has 0 fully saturated rings. The van der Waals surface area contributed by atoms with Crippen LogP contribution in [0.1, 0.15) is 23.7 Å². The fraction of sp³-hybridized carbons (Fsp3) is 0.364. The Bertz CT molecular complexity index is 511. The van der Waals surface area contributed by atoms with Crippen molar-refractivity contribution in [3.05, 3.63) is 39.4 Å². The van der Waals surface area contributed by atoms with Crippen LogP contribution < -0.4 is 5.32 Å². The molecule has 1 amide bonds. The summed E-state index contributed by atoms with van der Waals surface area (Å²) < 4.78 is 26.9. The van der Waals surface area contributed by atoms with Crippen molar-refractivity contribution in [3.63, 3.8) is 0 Å². The molecule has 1 unspecified atom stereocenters. The Morgan fingerprint density at radius 3 is 2.68 bits per heavy atom. The number of halogens is 3. The quantitative estimate of drug-likeness (QED) is 0.510. The van der Waals surface area contributed by atoms with Crippen LogP contribution in [0.25, 0.3) is 0 Å². The molecule has 1 N–H and O–H groups in total. The Morgan fingerprint density at radius 2 is 2.16 bits per heavy atom. The first-order valence-corrected chi connectivity index (χ1v) is 6.49. The lowest BCUT2D eigenvalue weighted by molar-refractivity contribution is -0.387. The van der Waals surface area contributed by atoms with Crippen molar-refractivity contribution >= 4 is 27.5 Å². The Kier molecular flexibility index (Phi) is 5.34. The molecule has 104 valence electrons. The van der Waals surface area contributed by atoms with Crippen LogP contribution in [0.5, 0.6) is 0 Å². The number of alkyl halides is 1. The summed E-state index contributed by atoms with van der Waals surface area (Å²) in [5, 5.41) is 13.6. The lowest BCUT2D eigenvalue weighted by Gasteiger charge is -2.12. The van der Waals surface area contributed by atoms with Gasteiger partial charge < -0.3 is 5.32 Å². The summed E-state index contributed by atoms with van der Waals surface area (Å²) >= 11 is 3.18. The first-order valence-electron chi connectivity index (χ1n) is 5.37. The van der Waals surface area contributed by atoms with Crippen LogP contribution in [0, 0.1) is 21.7 Å². The van der Waals surface area contributed by atoms with Crippen molar-refractivity contribution in [2.75, 3.05) is 5.33 Å². The van der Waals surface area contributed by atoms with Crippen molar-refractivity contribution in [1.82, 2.24) is 5.32 Å². The lowest BCUT2D eigenvalue weighted by atomic mass is 10.1. The second-order valence-electron chi connectivity index (χ2n) is 3.90. The second kappa shape index (κ2) is 6.55. The van der Waals surface area contributed by atoms with Gasteiger partial charge in [-0.05, 0) is 19.4 Å². The minimum Gasteiger partial charge on any atom is -0.349 e. The topological polar surface area (TPSA) is 72.2 Å². The zero-order valence-electron chi connectivity index (χ0n) is 9.95. The average Bonchev–Trinajstić information content (AvgIpc) is 2.31. The zero-order valence-corrected chi connectivity index (χ0v) is 11.5. The van der Waals surface area contributed by atoms with Crippen LogP contribution in [-0.4, -0.2) is 22.2 Å². The predicted molar refractivity (Wildman–Crippen MR) is 68.4 cm³/mol. The number of benzene rings is 1. The molecule has 1 aromatic rings. The SMILES string of the molecule is CC(CCBr)NC(=O)c1cc(F)cc([N+](=O)[O-])c1F. The third kappa shape index (κ3) is 3.95. The molecule has 19 heavy (non-hydrogen) atoms. The van der Waals surface area contributed by atoms with Gasteiger partial charge in [0, 0.05) is 11.4 Å². The maximum Gasteiger partial charge on any atom is 0.308 e. The molecule has 0 aromatic heterocycles. The summed E-state index contributed by atoms with van der Waals surface area (Å²) in [5.74, 6) is -3.25. The number of amides is 1. The molecule has 1 rings (SSSR count). The summed E-state index contributed by atoms with van der Waals surface area (Å²) in [6, 6.07) is 0.806. The summed E-state index contributed by atoms with van der Waals surface area (Å²) in [7, 11) is 0. The third-order valence-electron chi connectivity index (χ3n) is 2.38. The van der Waals surface area contributed by atoms with Crippen LogP contribution in [0.15, 0.2) is 12.1 Å². The molecule has 8 heteroatoms. The fourth-order valence-corrected chi connectivity index (χ4v) is 2.10. The van der Waals surface area contributed by atoms with Gasteiger partial charge in [0.15, 0.2) is 0 Å². The van der Waals surface area contributed by atoms with Gasteiger partial charge in [-0.25, -0.2) is 4.39 Å². The zero-order chi connectivity index (χ0) is 14.6. The van der Waals surface area contributed by atoms with Gasteiger partial charge in [0.05, 0.1) is 16.6 Å². The van der Waals surface area contributed by atoms with E-state index in [9.17, 15) is 23.7 Å². The summed E-state index contributed by atoms with van der Waals surface area (Å²) in [5.41, 5.74) is -1.73. The van der Waals surface area contributed by atoms with E-state index in [0.29, 0.717) is 23.9 Å². The van der Waals surface area contributed by atoms with Crippen molar-refractivity contribution in [1.29, 1.82) is 0 Å². The van der Waals surface area contributed by atoms with Crippen LogP contribution in [-0.2, 0) is 0 Å². The number of nitrogens with zero attached hydrogens (tertiary/aromatic N) is 1. The monoisotopic (exact) mass is 336 g/mol. The third-order valence-corrected chi connectivity index (χ3v) is 2.84. The van der Waals surface area contributed by atoms with Gasteiger partial charge in [-0.2, -0.15) is 4.39 Å². The number of nitro benzene ring substituents is 1. The van der Waals surface area contributed by atoms with Gasteiger partial charge in [-0.3, -0.25) is 14.9 Å². The standard InChI is InChI=1S/C11H11BrF2N2O3/c1-6(2-3-12)15-11(17)8-4-7(13)5-9(10(8)14)16(18)19/h4-6H,2-3H2,1H3,(H,15,17). The molecule has 0 spiro atoms. The van der Waals surface area contributed by atoms with E-state index in [4.69, 9.17) is 0 Å². The molecule has 0 aliphatic rings. The number of hydrogen-bond acceptors (Lipinski definition) is 3.